The largest absolute Gasteiger partial charge is 0.356 e. The molecule has 0 saturated heterocycles. The van der Waals surface area contributed by atoms with Gasteiger partial charge in [0, 0.05) is 13.0 Å². The molecule has 3 nitrogen and oxygen atoms in total. The summed E-state index contributed by atoms with van der Waals surface area (Å²) in [6.07, 6.45) is 10.3. The van der Waals surface area contributed by atoms with Gasteiger partial charge in [-0.05, 0) is 92.2 Å². The van der Waals surface area contributed by atoms with Crippen LogP contribution >= 0.6 is 22.6 Å². The first-order chi connectivity index (χ1) is 12.0. The molecular formula is C21H39IN2O. The fourth-order valence-electron chi connectivity index (χ4n) is 5.98. The maximum Gasteiger partial charge on any atom is 0.220 e. The Kier molecular flexibility index (Phi) is 9.00. The van der Waals surface area contributed by atoms with Gasteiger partial charge in [0.15, 0.2) is 0 Å². The Morgan fingerprint density at radius 1 is 1.04 bits per heavy atom. The van der Waals surface area contributed by atoms with Crippen LogP contribution in [0.2, 0.25) is 0 Å². The summed E-state index contributed by atoms with van der Waals surface area (Å²) in [6.45, 7) is 10.7. The molecule has 4 rings (SSSR count). The molecule has 0 radical (unpaired) electrons. The summed E-state index contributed by atoms with van der Waals surface area (Å²) in [5, 5.41) is 3.20. The number of alkyl halides is 1. The number of rotatable bonds is 8. The highest BCUT2D eigenvalue weighted by Gasteiger charge is 2.51. The van der Waals surface area contributed by atoms with Crippen LogP contribution in [0.4, 0.5) is 0 Å². The number of carbonyl (C=O) groups excluding carboxylic acids is 1. The number of carbonyl (C=O) groups is 1. The lowest BCUT2D eigenvalue weighted by molar-refractivity contribution is -0.129. The van der Waals surface area contributed by atoms with Gasteiger partial charge in [0.25, 0.3) is 0 Å². The second-order valence-electron chi connectivity index (χ2n) is 8.59. The van der Waals surface area contributed by atoms with Crippen LogP contribution in [0.15, 0.2) is 0 Å². The van der Waals surface area contributed by atoms with Gasteiger partial charge < -0.3 is 10.2 Å². The highest BCUT2D eigenvalue weighted by atomic mass is 127. The highest BCUT2D eigenvalue weighted by Crippen LogP contribution is 2.61. The van der Waals surface area contributed by atoms with Crippen LogP contribution in [-0.2, 0) is 4.79 Å². The summed E-state index contributed by atoms with van der Waals surface area (Å²) in [7, 11) is 0. The van der Waals surface area contributed by atoms with Crippen LogP contribution in [0.25, 0.3) is 0 Å². The van der Waals surface area contributed by atoms with Gasteiger partial charge in [-0.1, -0.05) is 43.4 Å². The van der Waals surface area contributed by atoms with Gasteiger partial charge >= 0.3 is 0 Å². The van der Waals surface area contributed by atoms with E-state index in [0.29, 0.717) is 11.3 Å². The summed E-state index contributed by atoms with van der Waals surface area (Å²) in [5.74, 6) is 3.16. The van der Waals surface area contributed by atoms with Gasteiger partial charge in [0.2, 0.25) is 5.91 Å². The van der Waals surface area contributed by atoms with Crippen LogP contribution in [0.5, 0.6) is 0 Å². The van der Waals surface area contributed by atoms with Gasteiger partial charge in [-0.3, -0.25) is 4.79 Å². The van der Waals surface area contributed by atoms with Gasteiger partial charge in [-0.25, -0.2) is 0 Å². The average Bonchev–Trinajstić information content (AvgIpc) is 2.54. The third-order valence-corrected chi connectivity index (χ3v) is 6.57. The van der Waals surface area contributed by atoms with Gasteiger partial charge in [-0.15, -0.1) is 0 Å². The van der Waals surface area contributed by atoms with E-state index < -0.39 is 0 Å². The molecule has 4 fully saturated rings. The fourth-order valence-corrected chi connectivity index (χ4v) is 5.98. The molecule has 0 aromatic rings. The quantitative estimate of drug-likeness (QED) is 0.317. The Morgan fingerprint density at radius 2 is 1.52 bits per heavy atom. The Morgan fingerprint density at radius 3 is 1.96 bits per heavy atom. The summed E-state index contributed by atoms with van der Waals surface area (Å²) >= 11 is 2.29. The molecule has 0 unspecified atom stereocenters. The van der Waals surface area contributed by atoms with Crippen molar-refractivity contribution in [1.82, 2.24) is 10.2 Å². The summed E-state index contributed by atoms with van der Waals surface area (Å²) in [5.41, 5.74) is 0.387. The lowest BCUT2D eigenvalue weighted by Crippen LogP contribution is -2.48. The second kappa shape index (κ2) is 10.5. The minimum absolute atomic E-state index is 0.321. The molecular weight excluding hydrogens is 423 g/mol. The van der Waals surface area contributed by atoms with Crippen LogP contribution in [-0.4, -0.2) is 41.4 Å². The zero-order valence-electron chi connectivity index (χ0n) is 16.7. The smallest absolute Gasteiger partial charge is 0.220 e. The van der Waals surface area contributed by atoms with E-state index in [2.05, 4.69) is 53.6 Å². The maximum absolute atomic E-state index is 12.4. The molecule has 4 aliphatic carbocycles. The van der Waals surface area contributed by atoms with Crippen molar-refractivity contribution in [2.75, 3.05) is 30.6 Å². The second-order valence-corrected chi connectivity index (χ2v) is 10.1. The van der Waals surface area contributed by atoms with Crippen LogP contribution in [0.1, 0.15) is 72.1 Å². The monoisotopic (exact) mass is 462 g/mol. The lowest BCUT2D eigenvalue weighted by Gasteiger charge is -2.56. The van der Waals surface area contributed by atoms with E-state index in [9.17, 15) is 4.79 Å². The van der Waals surface area contributed by atoms with Crippen molar-refractivity contribution in [2.45, 2.75) is 72.1 Å². The lowest BCUT2D eigenvalue weighted by atomic mass is 9.49. The van der Waals surface area contributed by atoms with Gasteiger partial charge in [0.1, 0.15) is 0 Å². The Bertz CT molecular complexity index is 373. The molecule has 0 aliphatic heterocycles. The molecule has 0 aromatic heterocycles. The van der Waals surface area contributed by atoms with E-state index in [0.717, 1.165) is 56.8 Å². The predicted molar refractivity (Wildman–Crippen MR) is 115 cm³/mol. The van der Waals surface area contributed by atoms with Crippen molar-refractivity contribution < 1.29 is 4.79 Å². The minimum Gasteiger partial charge on any atom is -0.356 e. The molecule has 0 spiro atoms. The molecule has 146 valence electrons. The zero-order chi connectivity index (χ0) is 18.3. The molecule has 1 amide bonds. The van der Waals surface area contributed by atoms with Gasteiger partial charge in [0.05, 0.1) is 0 Å². The van der Waals surface area contributed by atoms with Crippen molar-refractivity contribution >= 4 is 28.5 Å². The molecule has 4 bridgehead atoms. The third kappa shape index (κ3) is 6.37. The SMILES string of the molecule is CCI.CCN(CC)CCCNC(=O)CC12CC3CC(CC(C3)C1)C2. The third-order valence-electron chi connectivity index (χ3n) is 6.57. The van der Waals surface area contributed by atoms with Crippen LogP contribution in [0, 0.1) is 23.2 Å². The number of nitrogens with one attached hydrogen (secondary N) is 1. The summed E-state index contributed by atoms with van der Waals surface area (Å²) < 4.78 is 1.22. The molecule has 0 aromatic carbocycles. The Balaban J connectivity index is 0.000000701. The first-order valence-electron chi connectivity index (χ1n) is 10.6. The van der Waals surface area contributed by atoms with Crippen LogP contribution in [0.3, 0.4) is 0 Å². The molecule has 0 atom stereocenters. The van der Waals surface area contributed by atoms with Crippen molar-refractivity contribution in [1.29, 1.82) is 0 Å². The van der Waals surface area contributed by atoms with Crippen molar-refractivity contribution in [3.63, 3.8) is 0 Å². The number of nitrogens with zero attached hydrogens (tertiary/aromatic N) is 1. The maximum atomic E-state index is 12.4. The van der Waals surface area contributed by atoms with E-state index in [-0.39, 0.29) is 0 Å². The van der Waals surface area contributed by atoms with E-state index in [1.807, 2.05) is 0 Å². The molecule has 1 N–H and O–H groups in total. The van der Waals surface area contributed by atoms with E-state index in [4.69, 9.17) is 0 Å². The number of halogens is 1. The molecule has 25 heavy (non-hydrogen) atoms. The summed E-state index contributed by atoms with van der Waals surface area (Å²) in [6, 6.07) is 0. The summed E-state index contributed by atoms with van der Waals surface area (Å²) in [4.78, 5) is 14.8. The number of hydrogen-bond acceptors (Lipinski definition) is 2. The first kappa shape index (κ1) is 21.5. The minimum atomic E-state index is 0.321. The van der Waals surface area contributed by atoms with Gasteiger partial charge in [-0.2, -0.15) is 0 Å². The molecule has 0 heterocycles. The molecule has 4 heteroatoms. The molecule has 4 saturated carbocycles. The van der Waals surface area contributed by atoms with E-state index in [1.165, 1.54) is 43.0 Å². The topological polar surface area (TPSA) is 32.3 Å². The van der Waals surface area contributed by atoms with Crippen LogP contribution < -0.4 is 5.32 Å². The average molecular weight is 462 g/mol. The van der Waals surface area contributed by atoms with Crippen molar-refractivity contribution in [2.24, 2.45) is 23.2 Å². The van der Waals surface area contributed by atoms with E-state index >= 15 is 0 Å². The van der Waals surface area contributed by atoms with Crippen molar-refractivity contribution in [3.8, 4) is 0 Å². The standard InChI is InChI=1S/C19H34N2O.C2H5I/c1-3-21(4-2)7-5-6-20-18(22)14-19-11-15-8-16(12-19)10-17(9-15)13-19;1-2-3/h15-17H,3-14H2,1-2H3,(H,20,22);2H2,1H3. The number of amides is 1. The Hall–Kier alpha value is 0.160. The first-order valence-corrected chi connectivity index (χ1v) is 12.1. The number of hydrogen-bond donors (Lipinski definition) is 1. The van der Waals surface area contributed by atoms with E-state index in [1.54, 1.807) is 0 Å². The normalized spacial score (nSPS) is 32.4. The Labute approximate surface area is 169 Å². The zero-order valence-corrected chi connectivity index (χ0v) is 18.8. The highest BCUT2D eigenvalue weighted by molar-refractivity contribution is 14.1. The predicted octanol–water partition coefficient (Wildman–Crippen LogP) is 4.88. The molecule has 4 aliphatic rings. The van der Waals surface area contributed by atoms with Crippen molar-refractivity contribution in [3.05, 3.63) is 0 Å². The fraction of sp³-hybridized carbons (Fsp3) is 0.952.